The molecule has 8 heteroatoms. The maximum atomic E-state index is 13.7. The Hall–Kier alpha value is -3.49. The Bertz CT molecular complexity index is 1250. The van der Waals surface area contributed by atoms with E-state index in [4.69, 9.17) is 4.74 Å². The minimum atomic E-state index is -0.730. The lowest BCUT2D eigenvalue weighted by molar-refractivity contribution is -0.130. The number of nitrogens with zero attached hydrogens (tertiary/aromatic N) is 1. The van der Waals surface area contributed by atoms with Gasteiger partial charge in [-0.1, -0.05) is 54.6 Å². The van der Waals surface area contributed by atoms with E-state index >= 15 is 0 Å². The summed E-state index contributed by atoms with van der Waals surface area (Å²) < 4.78 is 5.92. The molecule has 0 spiro atoms. The van der Waals surface area contributed by atoms with Gasteiger partial charge in [-0.25, -0.2) is 4.98 Å². The van der Waals surface area contributed by atoms with Crippen molar-refractivity contribution < 1.29 is 14.3 Å². The van der Waals surface area contributed by atoms with Gasteiger partial charge in [0.15, 0.2) is 0 Å². The Kier molecular flexibility index (Phi) is 11.1. The number of allylic oxidation sites excluding steroid dienone is 1. The van der Waals surface area contributed by atoms with E-state index in [1.807, 2.05) is 80.7 Å². The Labute approximate surface area is 247 Å². The zero-order chi connectivity index (χ0) is 29.1. The lowest BCUT2D eigenvalue weighted by Crippen LogP contribution is -2.57. The lowest BCUT2D eigenvalue weighted by atomic mass is 9.95. The average molecular weight is 575 g/mol. The number of hydrogen-bond donors (Lipinski definition) is 3. The highest BCUT2D eigenvalue weighted by Gasteiger charge is 2.29. The van der Waals surface area contributed by atoms with E-state index in [0.29, 0.717) is 31.9 Å². The zero-order valence-corrected chi connectivity index (χ0v) is 25.1. The second kappa shape index (κ2) is 14.9. The summed E-state index contributed by atoms with van der Waals surface area (Å²) in [6.45, 7) is 7.01. The molecule has 4 rings (SSSR count). The molecule has 0 aliphatic heterocycles. The van der Waals surface area contributed by atoms with Crippen LogP contribution in [0.2, 0.25) is 0 Å². The Morgan fingerprint density at radius 3 is 2.44 bits per heavy atom. The number of nitrogens with one attached hydrogen (secondary N) is 3. The largest absolute Gasteiger partial charge is 0.489 e. The van der Waals surface area contributed by atoms with Gasteiger partial charge >= 0.3 is 0 Å². The number of thiazole rings is 1. The highest BCUT2D eigenvalue weighted by molar-refractivity contribution is 7.07. The fraction of sp³-hybridized carbons (Fsp3) is 0.424. The van der Waals surface area contributed by atoms with Gasteiger partial charge in [-0.3, -0.25) is 9.59 Å². The summed E-state index contributed by atoms with van der Waals surface area (Å²) in [7, 11) is 0. The van der Waals surface area contributed by atoms with Gasteiger partial charge in [0.2, 0.25) is 11.8 Å². The summed E-state index contributed by atoms with van der Waals surface area (Å²) in [6.07, 6.45) is 8.67. The maximum absolute atomic E-state index is 13.7. The highest BCUT2D eigenvalue weighted by atomic mass is 32.1. The molecule has 0 fully saturated rings. The summed E-state index contributed by atoms with van der Waals surface area (Å²) >= 11 is 1.51. The van der Waals surface area contributed by atoms with Gasteiger partial charge < -0.3 is 20.7 Å². The molecule has 7 nitrogen and oxygen atoms in total. The fourth-order valence-corrected chi connectivity index (χ4v) is 5.36. The third-order valence-corrected chi connectivity index (χ3v) is 7.57. The predicted octanol–water partition coefficient (Wildman–Crippen LogP) is 5.22. The molecule has 41 heavy (non-hydrogen) atoms. The molecule has 1 aliphatic rings. The molecule has 3 aromatic rings. The third kappa shape index (κ3) is 10.4. The van der Waals surface area contributed by atoms with Crippen LogP contribution in [0, 0.1) is 5.92 Å². The number of carbonyl (C=O) groups is 2. The number of aromatic nitrogens is 1. The molecule has 1 aromatic heterocycles. The predicted molar refractivity (Wildman–Crippen MR) is 165 cm³/mol. The Balaban J connectivity index is 1.43. The van der Waals surface area contributed by atoms with Crippen LogP contribution in [0.3, 0.4) is 0 Å². The molecule has 2 aromatic carbocycles. The van der Waals surface area contributed by atoms with E-state index in [-0.39, 0.29) is 11.8 Å². The minimum Gasteiger partial charge on any atom is -0.489 e. The van der Waals surface area contributed by atoms with Crippen LogP contribution in [-0.2, 0) is 29.0 Å². The molecule has 3 N–H and O–H groups in total. The summed E-state index contributed by atoms with van der Waals surface area (Å²) in [6, 6.07) is 16.5. The molecule has 0 saturated carbocycles. The first kappa shape index (κ1) is 30.5. The minimum absolute atomic E-state index is 0.199. The normalized spacial score (nSPS) is 16.5. The van der Waals surface area contributed by atoms with E-state index in [2.05, 4.69) is 33.1 Å². The fourth-order valence-electron chi connectivity index (χ4n) is 4.79. The Morgan fingerprint density at radius 2 is 1.78 bits per heavy atom. The van der Waals surface area contributed by atoms with Gasteiger partial charge in [0.1, 0.15) is 18.4 Å². The van der Waals surface area contributed by atoms with E-state index in [1.54, 1.807) is 5.51 Å². The molecule has 2 amide bonds. The monoisotopic (exact) mass is 574 g/mol. The van der Waals surface area contributed by atoms with Crippen LogP contribution >= 0.6 is 11.3 Å². The van der Waals surface area contributed by atoms with Crippen molar-refractivity contribution in [2.24, 2.45) is 5.92 Å². The molecule has 0 radical (unpaired) electrons. The van der Waals surface area contributed by atoms with E-state index in [1.165, 1.54) is 11.3 Å². The molecule has 0 bridgehead atoms. The number of rotatable bonds is 13. The van der Waals surface area contributed by atoms with Gasteiger partial charge in [0.25, 0.3) is 0 Å². The van der Waals surface area contributed by atoms with Crippen molar-refractivity contribution >= 4 is 23.2 Å². The third-order valence-electron chi connectivity index (χ3n) is 6.94. The summed E-state index contributed by atoms with van der Waals surface area (Å²) in [5.74, 6) is 0.742. The first-order valence-electron chi connectivity index (χ1n) is 14.4. The van der Waals surface area contributed by atoms with E-state index in [0.717, 1.165) is 41.8 Å². The van der Waals surface area contributed by atoms with Gasteiger partial charge in [0.05, 0.1) is 17.2 Å². The van der Waals surface area contributed by atoms with Crippen LogP contribution in [0.1, 0.15) is 56.9 Å². The molecular formula is C33H42N4O3S. The first-order valence-corrected chi connectivity index (χ1v) is 15.3. The van der Waals surface area contributed by atoms with Crippen LogP contribution < -0.4 is 20.7 Å². The van der Waals surface area contributed by atoms with Crippen LogP contribution in [-0.4, -0.2) is 41.0 Å². The van der Waals surface area contributed by atoms with Crippen LogP contribution in [0.4, 0.5) is 0 Å². The summed E-state index contributed by atoms with van der Waals surface area (Å²) in [5.41, 5.74) is 4.24. The second-order valence-electron chi connectivity index (χ2n) is 11.7. The second-order valence-corrected chi connectivity index (χ2v) is 12.4. The highest BCUT2D eigenvalue weighted by Crippen LogP contribution is 2.18. The van der Waals surface area contributed by atoms with E-state index in [9.17, 15) is 9.59 Å². The van der Waals surface area contributed by atoms with Crippen LogP contribution in [0.5, 0.6) is 5.75 Å². The van der Waals surface area contributed by atoms with Crippen molar-refractivity contribution in [3.8, 4) is 5.75 Å². The van der Waals surface area contributed by atoms with Crippen molar-refractivity contribution in [1.29, 1.82) is 0 Å². The number of ether oxygens (including phenoxy) is 1. The number of benzene rings is 2. The quantitative estimate of drug-likeness (QED) is 0.244. The van der Waals surface area contributed by atoms with Crippen molar-refractivity contribution in [3.05, 3.63) is 94.5 Å². The molecule has 1 aliphatic carbocycles. The van der Waals surface area contributed by atoms with Gasteiger partial charge in [-0.05, 0) is 69.2 Å². The molecule has 0 saturated heterocycles. The standard InChI is InChI=1S/C33H42N4O3S/c1-33(2,3)37-32(39)30(18-24-14-16-28(17-15-24)40-21-26-12-8-5-9-13-26)36-31(38)29(19-27-22-41-23-35-27)34-20-25-10-6-4-7-11-25/h5-6,8-10,12-17,22-23,25,29-30,34H,4,7,11,18-21H2,1-3H3,(H,36,38)(H,37,39). The van der Waals surface area contributed by atoms with Crippen LogP contribution in [0.25, 0.3) is 0 Å². The van der Waals surface area contributed by atoms with Crippen LogP contribution in [0.15, 0.2) is 77.6 Å². The molecule has 218 valence electrons. The zero-order valence-electron chi connectivity index (χ0n) is 24.3. The molecule has 3 atom stereocenters. The maximum Gasteiger partial charge on any atom is 0.243 e. The lowest BCUT2D eigenvalue weighted by Gasteiger charge is -2.28. The molecule has 1 heterocycles. The average Bonchev–Trinajstić information content (AvgIpc) is 3.48. The SMILES string of the molecule is CC(C)(C)NC(=O)C(Cc1ccc(OCc2ccccc2)cc1)NC(=O)C(Cc1cscn1)NCC1C=CCCC1. The summed E-state index contributed by atoms with van der Waals surface area (Å²) in [4.78, 5) is 31.4. The van der Waals surface area contributed by atoms with Crippen molar-refractivity contribution in [3.63, 3.8) is 0 Å². The summed E-state index contributed by atoms with van der Waals surface area (Å²) in [5, 5.41) is 11.5. The van der Waals surface area contributed by atoms with Crippen molar-refractivity contribution in [1.82, 2.24) is 20.9 Å². The number of carbonyl (C=O) groups excluding carboxylic acids is 2. The smallest absolute Gasteiger partial charge is 0.243 e. The van der Waals surface area contributed by atoms with Gasteiger partial charge in [-0.15, -0.1) is 11.3 Å². The number of hydrogen-bond acceptors (Lipinski definition) is 6. The van der Waals surface area contributed by atoms with Crippen molar-refractivity contribution in [2.75, 3.05) is 6.54 Å². The molecule has 3 unspecified atom stereocenters. The van der Waals surface area contributed by atoms with Crippen molar-refractivity contribution in [2.45, 2.75) is 77.1 Å². The van der Waals surface area contributed by atoms with E-state index < -0.39 is 17.6 Å². The molecular weight excluding hydrogens is 532 g/mol. The van der Waals surface area contributed by atoms with Gasteiger partial charge in [-0.2, -0.15) is 0 Å². The topological polar surface area (TPSA) is 92.4 Å². The first-order chi connectivity index (χ1) is 19.7. The Morgan fingerprint density at radius 1 is 1.00 bits per heavy atom. The van der Waals surface area contributed by atoms with Gasteiger partial charge in [0, 0.05) is 30.3 Å². The number of amides is 2.